The van der Waals surface area contributed by atoms with Gasteiger partial charge in [0.2, 0.25) is 0 Å². The maximum atomic E-state index is 12.7. The monoisotopic (exact) mass is 363 g/mol. The number of thiazole rings is 1. The molecule has 0 saturated heterocycles. The number of ether oxygens (including phenoxy) is 1. The molecule has 0 radical (unpaired) electrons. The van der Waals surface area contributed by atoms with Crippen LogP contribution in [0.5, 0.6) is 5.75 Å². The Kier molecular flexibility index (Phi) is 4.26. The van der Waals surface area contributed by atoms with Gasteiger partial charge in [0.15, 0.2) is 0 Å². The molecule has 26 heavy (non-hydrogen) atoms. The lowest BCUT2D eigenvalue weighted by Crippen LogP contribution is -2.21. The van der Waals surface area contributed by atoms with Gasteiger partial charge in [-0.15, -0.1) is 11.3 Å². The maximum Gasteiger partial charge on any atom is 0.261 e. The smallest absolute Gasteiger partial charge is 0.261 e. The second kappa shape index (κ2) is 6.72. The van der Waals surface area contributed by atoms with Gasteiger partial charge >= 0.3 is 0 Å². The van der Waals surface area contributed by atoms with Crippen molar-refractivity contribution in [1.82, 2.24) is 14.5 Å². The molecule has 0 amide bonds. The van der Waals surface area contributed by atoms with Crippen LogP contribution in [0.4, 0.5) is 0 Å². The van der Waals surface area contributed by atoms with E-state index in [0.29, 0.717) is 17.4 Å². The molecule has 0 aliphatic heterocycles. The quantitative estimate of drug-likeness (QED) is 0.552. The Morgan fingerprint density at radius 3 is 2.73 bits per heavy atom. The number of rotatable bonds is 4. The fourth-order valence-corrected chi connectivity index (χ4v) is 3.62. The zero-order valence-corrected chi connectivity index (χ0v) is 15.3. The predicted octanol–water partition coefficient (Wildman–Crippen LogP) is 3.89. The van der Waals surface area contributed by atoms with Crippen LogP contribution in [0.1, 0.15) is 11.3 Å². The summed E-state index contributed by atoms with van der Waals surface area (Å²) in [4.78, 5) is 21.8. The van der Waals surface area contributed by atoms with Crippen molar-refractivity contribution in [3.63, 3.8) is 0 Å². The van der Waals surface area contributed by atoms with Gasteiger partial charge in [-0.2, -0.15) is 0 Å². The molecule has 6 heteroatoms. The molecule has 2 aromatic heterocycles. The van der Waals surface area contributed by atoms with E-state index in [0.717, 1.165) is 27.6 Å². The van der Waals surface area contributed by atoms with Gasteiger partial charge < -0.3 is 4.74 Å². The topological polar surface area (TPSA) is 57.0 Å². The number of methoxy groups -OCH3 is 1. The summed E-state index contributed by atoms with van der Waals surface area (Å²) >= 11 is 1.56. The Labute approximate surface area is 154 Å². The first-order chi connectivity index (χ1) is 12.6. The average Bonchev–Trinajstić information content (AvgIpc) is 3.13. The highest BCUT2D eigenvalue weighted by Gasteiger charge is 2.09. The summed E-state index contributed by atoms with van der Waals surface area (Å²) in [5, 5.41) is 3.53. The molecule has 4 rings (SSSR count). The van der Waals surface area contributed by atoms with Crippen molar-refractivity contribution in [1.29, 1.82) is 0 Å². The van der Waals surface area contributed by atoms with Crippen molar-refractivity contribution in [2.45, 2.75) is 13.5 Å². The zero-order valence-electron chi connectivity index (χ0n) is 14.5. The minimum absolute atomic E-state index is 0.0438. The summed E-state index contributed by atoms with van der Waals surface area (Å²) in [5.41, 5.74) is 3.59. The van der Waals surface area contributed by atoms with E-state index in [9.17, 15) is 4.79 Å². The molecular weight excluding hydrogens is 346 g/mol. The van der Waals surface area contributed by atoms with E-state index in [-0.39, 0.29) is 5.56 Å². The molecule has 0 N–H and O–H groups in total. The first-order valence-corrected chi connectivity index (χ1v) is 9.06. The van der Waals surface area contributed by atoms with Crippen LogP contribution in [0.15, 0.2) is 59.0 Å². The van der Waals surface area contributed by atoms with Gasteiger partial charge in [0, 0.05) is 10.9 Å². The zero-order chi connectivity index (χ0) is 18.1. The highest BCUT2D eigenvalue weighted by atomic mass is 32.1. The van der Waals surface area contributed by atoms with Crippen LogP contribution < -0.4 is 10.3 Å². The Balaban J connectivity index is 1.64. The molecule has 0 aliphatic rings. The van der Waals surface area contributed by atoms with E-state index in [1.807, 2.05) is 54.8 Å². The second-order valence-electron chi connectivity index (χ2n) is 6.07. The van der Waals surface area contributed by atoms with E-state index in [2.05, 4.69) is 9.97 Å². The molecule has 0 saturated carbocycles. The number of nitrogens with zero attached hydrogens (tertiary/aromatic N) is 3. The van der Waals surface area contributed by atoms with E-state index in [4.69, 9.17) is 4.74 Å². The fraction of sp³-hybridized carbons (Fsp3) is 0.150. The molecule has 5 nitrogen and oxygen atoms in total. The first-order valence-electron chi connectivity index (χ1n) is 8.19. The second-order valence-corrected chi connectivity index (χ2v) is 6.93. The van der Waals surface area contributed by atoms with E-state index < -0.39 is 0 Å². The summed E-state index contributed by atoms with van der Waals surface area (Å²) in [6, 6.07) is 13.5. The Morgan fingerprint density at radius 1 is 1.15 bits per heavy atom. The highest BCUT2D eigenvalue weighted by Crippen LogP contribution is 2.25. The van der Waals surface area contributed by atoms with Crippen LogP contribution in [-0.2, 0) is 6.54 Å². The normalized spacial score (nSPS) is 11.0. The van der Waals surface area contributed by atoms with Gasteiger partial charge in [0.25, 0.3) is 5.56 Å². The average molecular weight is 363 g/mol. The largest absolute Gasteiger partial charge is 0.497 e. The van der Waals surface area contributed by atoms with Crippen LogP contribution in [0.3, 0.4) is 0 Å². The predicted molar refractivity (Wildman–Crippen MR) is 104 cm³/mol. The number of benzene rings is 2. The Bertz CT molecular complexity index is 1130. The fourth-order valence-electron chi connectivity index (χ4n) is 2.81. The third-order valence-corrected chi connectivity index (χ3v) is 5.14. The summed E-state index contributed by atoms with van der Waals surface area (Å²) < 4.78 is 6.79. The standard InChI is InChI=1S/C20H17N3O2S/c1-13-3-8-18-17(9-13)20(24)23(12-21-18)10-15-11-26-19(22-15)14-4-6-16(25-2)7-5-14/h3-9,11-12H,10H2,1-2H3. The lowest BCUT2D eigenvalue weighted by atomic mass is 10.2. The molecule has 0 aliphatic carbocycles. The summed E-state index contributed by atoms with van der Waals surface area (Å²) in [7, 11) is 1.65. The number of hydrogen-bond acceptors (Lipinski definition) is 5. The molecule has 0 bridgehead atoms. The van der Waals surface area contributed by atoms with E-state index in [1.165, 1.54) is 0 Å². The molecule has 130 valence electrons. The lowest BCUT2D eigenvalue weighted by Gasteiger charge is -2.05. The maximum absolute atomic E-state index is 12.7. The number of aryl methyl sites for hydroxylation is 1. The number of fused-ring (bicyclic) bond motifs is 1. The molecule has 0 atom stereocenters. The van der Waals surface area contributed by atoms with Crippen molar-refractivity contribution < 1.29 is 4.74 Å². The first kappa shape index (κ1) is 16.5. The summed E-state index contributed by atoms with van der Waals surface area (Å²) in [6.07, 6.45) is 1.59. The van der Waals surface area contributed by atoms with Crippen LogP contribution in [0.2, 0.25) is 0 Å². The molecule has 4 aromatic rings. The van der Waals surface area contributed by atoms with Crippen molar-refractivity contribution in [3.05, 3.63) is 75.8 Å². The number of hydrogen-bond donors (Lipinski definition) is 0. The summed E-state index contributed by atoms with van der Waals surface area (Å²) in [6.45, 7) is 2.38. The molecule has 0 spiro atoms. The molecule has 2 heterocycles. The number of aromatic nitrogens is 3. The van der Waals surface area contributed by atoms with Crippen molar-refractivity contribution in [2.75, 3.05) is 7.11 Å². The summed E-state index contributed by atoms with van der Waals surface area (Å²) in [5.74, 6) is 0.814. The van der Waals surface area contributed by atoms with Gasteiger partial charge in [0.1, 0.15) is 10.8 Å². The van der Waals surface area contributed by atoms with Gasteiger partial charge in [0.05, 0.1) is 36.6 Å². The van der Waals surface area contributed by atoms with Gasteiger partial charge in [-0.3, -0.25) is 9.36 Å². The molecule has 2 aromatic carbocycles. The van der Waals surface area contributed by atoms with E-state index in [1.54, 1.807) is 29.3 Å². The van der Waals surface area contributed by atoms with Crippen molar-refractivity contribution >= 4 is 22.2 Å². The molecular formula is C20H17N3O2S. The van der Waals surface area contributed by atoms with Crippen molar-refractivity contribution in [3.8, 4) is 16.3 Å². The Hall–Kier alpha value is -2.99. The minimum Gasteiger partial charge on any atom is -0.497 e. The Morgan fingerprint density at radius 2 is 1.96 bits per heavy atom. The van der Waals surface area contributed by atoms with Gasteiger partial charge in [-0.05, 0) is 43.3 Å². The molecule has 0 unspecified atom stereocenters. The van der Waals surface area contributed by atoms with Crippen LogP contribution in [0, 0.1) is 6.92 Å². The van der Waals surface area contributed by atoms with Crippen molar-refractivity contribution in [2.24, 2.45) is 0 Å². The third-order valence-electron chi connectivity index (χ3n) is 4.20. The SMILES string of the molecule is COc1ccc(-c2nc(Cn3cnc4ccc(C)cc4c3=O)cs2)cc1. The van der Waals surface area contributed by atoms with Crippen LogP contribution in [0.25, 0.3) is 21.5 Å². The highest BCUT2D eigenvalue weighted by molar-refractivity contribution is 7.13. The van der Waals surface area contributed by atoms with Crippen LogP contribution >= 0.6 is 11.3 Å². The van der Waals surface area contributed by atoms with Gasteiger partial charge in [-0.25, -0.2) is 9.97 Å². The van der Waals surface area contributed by atoms with Crippen LogP contribution in [-0.4, -0.2) is 21.6 Å². The lowest BCUT2D eigenvalue weighted by molar-refractivity contribution is 0.415. The van der Waals surface area contributed by atoms with E-state index >= 15 is 0 Å². The third kappa shape index (κ3) is 3.11. The molecule has 0 fully saturated rings. The van der Waals surface area contributed by atoms with Gasteiger partial charge in [-0.1, -0.05) is 11.6 Å². The minimum atomic E-state index is -0.0438.